The van der Waals surface area contributed by atoms with Gasteiger partial charge in [0.05, 0.1) is 16.2 Å². The highest BCUT2D eigenvalue weighted by Crippen LogP contribution is 2.42. The van der Waals surface area contributed by atoms with Gasteiger partial charge in [-0.2, -0.15) is 0 Å². The van der Waals surface area contributed by atoms with Crippen LogP contribution in [0, 0.1) is 5.92 Å². The summed E-state index contributed by atoms with van der Waals surface area (Å²) in [5, 5.41) is 10.9. The molecule has 1 aromatic heterocycles. The molecule has 0 radical (unpaired) electrons. The van der Waals surface area contributed by atoms with Crippen LogP contribution in [0.1, 0.15) is 69.9 Å². The number of nitrogens with zero attached hydrogens (tertiary/aromatic N) is 1. The topological polar surface area (TPSA) is 50.2 Å². The zero-order valence-corrected chi connectivity index (χ0v) is 19.9. The number of hydrogen-bond donors (Lipinski definition) is 1. The summed E-state index contributed by atoms with van der Waals surface area (Å²) in [6, 6.07) is 8.23. The van der Waals surface area contributed by atoms with Crippen LogP contribution in [0.15, 0.2) is 36.4 Å². The second-order valence-corrected chi connectivity index (χ2v) is 9.36. The predicted octanol–water partition coefficient (Wildman–Crippen LogP) is 5.22. The Morgan fingerprint density at radius 3 is 2.43 bits per heavy atom. The molecule has 0 aliphatic heterocycles. The molecule has 3 rings (SSSR count). The minimum atomic E-state index is -0.782. The molecular weight excluding hydrogens is 389 g/mol. The van der Waals surface area contributed by atoms with E-state index in [0.717, 1.165) is 54.4 Å². The molecule has 30 heavy (non-hydrogen) atoms. The number of aliphatic carboxylic acids is 1. The zero-order chi connectivity index (χ0) is 22.1. The van der Waals surface area contributed by atoms with Gasteiger partial charge in [-0.1, -0.05) is 69.7 Å². The summed E-state index contributed by atoms with van der Waals surface area (Å²) in [6.45, 7) is 12.0. The fourth-order valence-electron chi connectivity index (χ4n) is 4.24. The second kappa shape index (κ2) is 11.3. The van der Waals surface area contributed by atoms with E-state index in [0.29, 0.717) is 8.19 Å². The molecule has 0 spiro atoms. The molecule has 0 amide bonds. The summed E-state index contributed by atoms with van der Waals surface area (Å²) in [7, 11) is 0.581. The Labute approximate surface area is 182 Å². The fraction of sp³-hybridized carbons (Fsp3) is 0.462. The third kappa shape index (κ3) is 5.52. The molecule has 0 bridgehead atoms. The van der Waals surface area contributed by atoms with E-state index in [1.54, 1.807) is 0 Å². The molecule has 1 saturated carbocycles. The van der Waals surface area contributed by atoms with Crippen molar-refractivity contribution in [1.82, 2.24) is 4.98 Å². The standard InChI is InChI=1S/C24H30NO2P.C2H6/c1-4-5-10-21-17(2)28-22(25-21)16-13-18-11-14-20(15-12-18)24(3,23(26)27)19-8-6-7-9-19;1-2/h4-5,10-12,14-15,19,28H,2,6-9,13,16H2,1,3H3,(H,26,27);1-2H3/b5-4-,21-10+;. The number of carboxylic acid groups (broad SMARTS) is 1. The van der Waals surface area contributed by atoms with Crippen molar-refractivity contribution in [3.63, 3.8) is 0 Å². The molecule has 1 heterocycles. The van der Waals surface area contributed by atoms with Gasteiger partial charge in [0.1, 0.15) is 0 Å². The summed E-state index contributed by atoms with van der Waals surface area (Å²) >= 11 is 0. The van der Waals surface area contributed by atoms with E-state index in [2.05, 4.69) is 18.7 Å². The maximum atomic E-state index is 12.1. The first-order valence-electron chi connectivity index (χ1n) is 11.1. The quantitative estimate of drug-likeness (QED) is 0.661. The number of carboxylic acids is 1. The highest BCUT2D eigenvalue weighted by atomic mass is 31.0. The fourth-order valence-corrected chi connectivity index (χ4v) is 5.28. The second-order valence-electron chi connectivity index (χ2n) is 7.93. The third-order valence-corrected chi connectivity index (χ3v) is 7.33. The first-order valence-corrected chi connectivity index (χ1v) is 12.1. The van der Waals surface area contributed by atoms with Gasteiger partial charge in [0.15, 0.2) is 0 Å². The van der Waals surface area contributed by atoms with Gasteiger partial charge >= 0.3 is 5.97 Å². The van der Waals surface area contributed by atoms with E-state index in [-0.39, 0.29) is 5.92 Å². The van der Waals surface area contributed by atoms with E-state index in [1.807, 2.05) is 58.1 Å². The average Bonchev–Trinajstić information content (AvgIpc) is 3.42. The van der Waals surface area contributed by atoms with Gasteiger partial charge in [-0.05, 0) is 62.7 Å². The lowest BCUT2D eigenvalue weighted by Gasteiger charge is -2.32. The Bertz CT molecular complexity index is 952. The van der Waals surface area contributed by atoms with Gasteiger partial charge < -0.3 is 5.11 Å². The highest BCUT2D eigenvalue weighted by Gasteiger charge is 2.43. The maximum absolute atomic E-state index is 12.1. The highest BCUT2D eigenvalue weighted by molar-refractivity contribution is 7.29. The summed E-state index contributed by atoms with van der Waals surface area (Å²) in [5.41, 5.74) is 2.58. The molecule has 1 aliphatic rings. The number of allylic oxidation sites excluding steroid dienone is 2. The van der Waals surface area contributed by atoms with Crippen LogP contribution >= 0.6 is 8.19 Å². The number of hydrogen-bond acceptors (Lipinski definition) is 2. The van der Waals surface area contributed by atoms with Crippen LogP contribution in [0.25, 0.3) is 12.7 Å². The van der Waals surface area contributed by atoms with Gasteiger partial charge in [-0.15, -0.1) is 8.19 Å². The molecule has 2 aromatic rings. The van der Waals surface area contributed by atoms with E-state index in [4.69, 9.17) is 4.98 Å². The van der Waals surface area contributed by atoms with Crippen LogP contribution in [-0.2, 0) is 23.1 Å². The molecule has 1 fully saturated rings. The Kier molecular flexibility index (Phi) is 9.11. The lowest BCUT2D eigenvalue weighted by molar-refractivity contribution is -0.145. The number of rotatable bonds is 7. The van der Waals surface area contributed by atoms with Crippen LogP contribution in [0.2, 0.25) is 0 Å². The molecule has 2 unspecified atom stereocenters. The molecule has 0 saturated heterocycles. The first-order chi connectivity index (χ1) is 14.4. The van der Waals surface area contributed by atoms with Gasteiger partial charge in [0, 0.05) is 4.95 Å². The number of benzene rings is 1. The van der Waals surface area contributed by atoms with Crippen LogP contribution in [-0.4, -0.2) is 16.1 Å². The SMILES string of the molecule is C=c1[pH]c(CCc2ccc(C(C)(C(=O)O)C3CCCC3)cc2)n/c1=C/C=C\C.CC. The lowest BCUT2D eigenvalue weighted by atomic mass is 9.71. The molecule has 3 nitrogen and oxygen atoms in total. The van der Waals surface area contributed by atoms with Crippen molar-refractivity contribution in [2.75, 3.05) is 0 Å². The summed E-state index contributed by atoms with van der Waals surface area (Å²) < 4.78 is 0. The van der Waals surface area contributed by atoms with Crippen LogP contribution in [0.4, 0.5) is 0 Å². The molecule has 2 atom stereocenters. The van der Waals surface area contributed by atoms with Crippen molar-refractivity contribution in [3.05, 3.63) is 63.3 Å². The van der Waals surface area contributed by atoms with Crippen molar-refractivity contribution in [1.29, 1.82) is 0 Å². The number of aryl methyl sites for hydroxylation is 2. The number of aromatic nitrogens is 1. The molecule has 1 aromatic carbocycles. The van der Waals surface area contributed by atoms with E-state index in [1.165, 1.54) is 11.0 Å². The molecule has 162 valence electrons. The van der Waals surface area contributed by atoms with Crippen molar-refractivity contribution >= 4 is 26.8 Å². The van der Waals surface area contributed by atoms with E-state index in [9.17, 15) is 9.90 Å². The van der Waals surface area contributed by atoms with Crippen molar-refractivity contribution in [2.24, 2.45) is 5.92 Å². The maximum Gasteiger partial charge on any atom is 0.314 e. The molecule has 1 N–H and O–H groups in total. The normalized spacial score (nSPS) is 17.3. The largest absolute Gasteiger partial charge is 0.481 e. The minimum absolute atomic E-state index is 0.235. The van der Waals surface area contributed by atoms with Crippen LogP contribution in [0.3, 0.4) is 0 Å². The van der Waals surface area contributed by atoms with Crippen LogP contribution in [0.5, 0.6) is 0 Å². The van der Waals surface area contributed by atoms with E-state index >= 15 is 0 Å². The smallest absolute Gasteiger partial charge is 0.314 e. The van der Waals surface area contributed by atoms with Gasteiger partial charge in [0.2, 0.25) is 0 Å². The van der Waals surface area contributed by atoms with Crippen molar-refractivity contribution in [3.8, 4) is 0 Å². The Hall–Kier alpha value is -2.12. The van der Waals surface area contributed by atoms with Crippen molar-refractivity contribution in [2.45, 2.75) is 71.6 Å². The lowest BCUT2D eigenvalue weighted by Crippen LogP contribution is -2.39. The van der Waals surface area contributed by atoms with E-state index < -0.39 is 11.4 Å². The molecular formula is C26H36NO2P. The summed E-state index contributed by atoms with van der Waals surface area (Å²) in [4.78, 5) is 17.9. The van der Waals surface area contributed by atoms with Gasteiger partial charge in [-0.25, -0.2) is 4.98 Å². The predicted molar refractivity (Wildman–Crippen MR) is 130 cm³/mol. The first kappa shape index (κ1) is 24.2. The molecule has 4 heteroatoms. The summed E-state index contributed by atoms with van der Waals surface area (Å²) in [5.74, 6) is -0.467. The summed E-state index contributed by atoms with van der Waals surface area (Å²) in [6.07, 6.45) is 12.2. The monoisotopic (exact) mass is 425 g/mol. The third-order valence-electron chi connectivity index (χ3n) is 6.13. The Balaban J connectivity index is 0.00000155. The zero-order valence-electron chi connectivity index (χ0n) is 18.9. The average molecular weight is 426 g/mol. The Morgan fingerprint density at radius 1 is 1.23 bits per heavy atom. The van der Waals surface area contributed by atoms with Crippen molar-refractivity contribution < 1.29 is 9.90 Å². The molecule has 1 aliphatic carbocycles. The van der Waals surface area contributed by atoms with Crippen LogP contribution < -0.4 is 10.3 Å². The number of carbonyl (C=O) groups is 1. The minimum Gasteiger partial charge on any atom is -0.481 e. The Morgan fingerprint density at radius 2 is 1.87 bits per heavy atom. The van der Waals surface area contributed by atoms with Gasteiger partial charge in [0.25, 0.3) is 0 Å². The van der Waals surface area contributed by atoms with Gasteiger partial charge in [-0.3, -0.25) is 4.79 Å².